The van der Waals surface area contributed by atoms with Crippen LogP contribution in [-0.4, -0.2) is 90.1 Å². The number of alkyl halides is 1. The number of ether oxygens (including phenoxy) is 1. The molecule has 3 aliphatic rings. The van der Waals surface area contributed by atoms with Gasteiger partial charge in [-0.15, -0.1) is 11.6 Å². The topological polar surface area (TPSA) is 163 Å². The lowest BCUT2D eigenvalue weighted by Crippen LogP contribution is -2.60. The van der Waals surface area contributed by atoms with Crippen LogP contribution in [0, 0.1) is 5.82 Å². The summed E-state index contributed by atoms with van der Waals surface area (Å²) in [5.41, 5.74) is 3.55. The molecule has 0 unspecified atom stereocenters. The highest BCUT2D eigenvalue weighted by Gasteiger charge is 2.38. The van der Waals surface area contributed by atoms with Crippen molar-refractivity contribution in [3.63, 3.8) is 0 Å². The third-order valence-electron chi connectivity index (χ3n) is 10.1. The van der Waals surface area contributed by atoms with Crippen LogP contribution in [0.3, 0.4) is 0 Å². The number of allylic oxidation sites excluding steroid dienone is 1. The van der Waals surface area contributed by atoms with Crippen LogP contribution in [0.5, 0.6) is 0 Å². The Morgan fingerprint density at radius 1 is 0.868 bits per heavy atom. The van der Waals surface area contributed by atoms with Crippen molar-refractivity contribution in [1.29, 1.82) is 0 Å². The molecule has 1 saturated heterocycles. The second-order valence-corrected chi connectivity index (χ2v) is 14.1. The molecular weight excluding hydrogens is 705 g/mol. The molecule has 14 heteroatoms. The van der Waals surface area contributed by atoms with E-state index in [1.807, 2.05) is 30.3 Å². The smallest absolute Gasteiger partial charge is 0.305 e. The van der Waals surface area contributed by atoms with Crippen molar-refractivity contribution in [2.75, 3.05) is 19.5 Å². The maximum Gasteiger partial charge on any atom is 0.305 e. The molecule has 53 heavy (non-hydrogen) atoms. The molecule has 0 bridgehead atoms. The fourth-order valence-electron chi connectivity index (χ4n) is 6.96. The molecule has 4 N–H and O–H groups in total. The number of halogens is 2. The van der Waals surface area contributed by atoms with Crippen LogP contribution in [0.25, 0.3) is 5.57 Å². The third kappa shape index (κ3) is 10.6. The van der Waals surface area contributed by atoms with Gasteiger partial charge in [-0.05, 0) is 85.8 Å². The maximum atomic E-state index is 14.3. The van der Waals surface area contributed by atoms with E-state index in [0.29, 0.717) is 31.2 Å². The average Bonchev–Trinajstić information content (AvgIpc) is 3.56. The summed E-state index contributed by atoms with van der Waals surface area (Å²) in [6.07, 6.45) is 6.92. The van der Waals surface area contributed by atoms with Gasteiger partial charge >= 0.3 is 5.97 Å². The van der Waals surface area contributed by atoms with E-state index >= 15 is 0 Å². The molecule has 1 saturated carbocycles. The van der Waals surface area contributed by atoms with E-state index in [-0.39, 0.29) is 44.2 Å². The Hall–Kier alpha value is -4.78. The van der Waals surface area contributed by atoms with Gasteiger partial charge < -0.3 is 30.9 Å². The van der Waals surface area contributed by atoms with E-state index in [1.54, 1.807) is 12.1 Å². The molecule has 0 aromatic heterocycles. The number of benzene rings is 2. The summed E-state index contributed by atoms with van der Waals surface area (Å²) in [6, 6.07) is 9.28. The Morgan fingerprint density at radius 2 is 1.60 bits per heavy atom. The van der Waals surface area contributed by atoms with Gasteiger partial charge in [-0.25, -0.2) is 4.39 Å². The Labute approximate surface area is 313 Å². The van der Waals surface area contributed by atoms with Gasteiger partial charge in [0.25, 0.3) is 0 Å². The van der Waals surface area contributed by atoms with Crippen molar-refractivity contribution in [1.82, 2.24) is 26.2 Å². The number of carbonyl (C=O) groups is 6. The lowest BCUT2D eigenvalue weighted by Gasteiger charge is -2.37. The van der Waals surface area contributed by atoms with Crippen molar-refractivity contribution < 1.29 is 37.9 Å². The number of carbonyl (C=O) groups excluding carboxylic acids is 6. The lowest BCUT2D eigenvalue weighted by molar-refractivity contribution is -0.146. The molecule has 12 nitrogen and oxygen atoms in total. The summed E-state index contributed by atoms with van der Waals surface area (Å²) in [5, 5.41) is 11.4. The second-order valence-electron chi connectivity index (χ2n) is 13.8. The summed E-state index contributed by atoms with van der Waals surface area (Å²) in [5.74, 6) is -4.06. The first-order valence-corrected chi connectivity index (χ1v) is 18.7. The molecular formula is C39H47ClFN5O7. The molecule has 2 aromatic carbocycles. The van der Waals surface area contributed by atoms with Gasteiger partial charge in [0.2, 0.25) is 29.5 Å². The van der Waals surface area contributed by atoms with Gasteiger partial charge in [0.05, 0.1) is 7.11 Å². The summed E-state index contributed by atoms with van der Waals surface area (Å²) in [7, 11) is 1.22. The van der Waals surface area contributed by atoms with Gasteiger partial charge in [0, 0.05) is 31.8 Å². The van der Waals surface area contributed by atoms with Crippen LogP contribution >= 0.6 is 11.6 Å². The van der Waals surface area contributed by atoms with Crippen molar-refractivity contribution in [2.45, 2.75) is 101 Å². The Morgan fingerprint density at radius 3 is 2.30 bits per heavy atom. The number of amides is 5. The predicted molar refractivity (Wildman–Crippen MR) is 196 cm³/mol. The molecule has 284 valence electrons. The van der Waals surface area contributed by atoms with Crippen LogP contribution < -0.4 is 21.3 Å². The van der Waals surface area contributed by atoms with Crippen molar-refractivity contribution >= 4 is 52.7 Å². The molecule has 5 rings (SSSR count). The quantitative estimate of drug-likeness (QED) is 0.151. The van der Waals surface area contributed by atoms with E-state index < -0.39 is 65.5 Å². The van der Waals surface area contributed by atoms with Crippen molar-refractivity contribution in [3.8, 4) is 0 Å². The molecule has 2 fully saturated rings. The van der Waals surface area contributed by atoms with Crippen LogP contribution in [0.4, 0.5) is 4.39 Å². The Kier molecular flexibility index (Phi) is 14.0. The zero-order chi connectivity index (χ0) is 37.9. The lowest BCUT2D eigenvalue weighted by atomic mass is 9.92. The fourth-order valence-corrected chi connectivity index (χ4v) is 7.04. The summed E-state index contributed by atoms with van der Waals surface area (Å²) in [4.78, 5) is 81.5. The minimum Gasteiger partial charge on any atom is -0.469 e. The predicted octanol–water partition coefficient (Wildman–Crippen LogP) is 3.09. The highest BCUT2D eigenvalue weighted by atomic mass is 35.5. The van der Waals surface area contributed by atoms with Crippen LogP contribution in [0.1, 0.15) is 74.5 Å². The highest BCUT2D eigenvalue weighted by Crippen LogP contribution is 2.31. The van der Waals surface area contributed by atoms with Gasteiger partial charge in [-0.3, -0.25) is 28.8 Å². The number of fused-ring (bicyclic) bond motifs is 1. The fraction of sp³-hybridized carbons (Fsp3) is 0.487. The molecule has 1 aliphatic heterocycles. The second kappa shape index (κ2) is 18.8. The van der Waals surface area contributed by atoms with Crippen LogP contribution in [-0.2, 0) is 46.3 Å². The van der Waals surface area contributed by atoms with E-state index in [9.17, 15) is 33.2 Å². The summed E-state index contributed by atoms with van der Waals surface area (Å²) in [6.45, 7) is 0.221. The molecule has 2 aromatic rings. The van der Waals surface area contributed by atoms with E-state index in [0.717, 1.165) is 36.0 Å². The minimum atomic E-state index is -1.13. The third-order valence-corrected chi connectivity index (χ3v) is 10.4. The first-order chi connectivity index (χ1) is 25.6. The number of esters is 1. The molecule has 0 spiro atoms. The number of nitrogens with zero attached hydrogens (tertiary/aromatic N) is 1. The normalized spacial score (nSPS) is 18.3. The number of likely N-dealkylation sites (tertiary alicyclic amines) is 1. The molecule has 4 atom stereocenters. The number of hydrogen-bond donors (Lipinski definition) is 4. The van der Waals surface area contributed by atoms with Gasteiger partial charge in [-0.1, -0.05) is 42.5 Å². The molecule has 0 radical (unpaired) electrons. The SMILES string of the molecule is COC(=O)CC[C@H](NC(=O)CCl)C(=O)N1CCCC[C@H]1C(=O)N[C@@H](CC1=CCc2ccccc21)C(=O)N[C@@H](Cc1ccc(F)cc1)C(=O)NC1CCC1. The van der Waals surface area contributed by atoms with E-state index in [4.69, 9.17) is 16.3 Å². The number of nitrogens with one attached hydrogen (secondary N) is 4. The first kappa shape index (κ1) is 39.4. The number of methoxy groups -OCH3 is 1. The Bertz CT molecular complexity index is 1700. The largest absolute Gasteiger partial charge is 0.469 e. The van der Waals surface area contributed by atoms with E-state index in [1.165, 1.54) is 24.1 Å². The van der Waals surface area contributed by atoms with Crippen molar-refractivity contribution in [3.05, 3.63) is 77.1 Å². The Balaban J connectivity index is 1.38. The highest BCUT2D eigenvalue weighted by molar-refractivity contribution is 6.27. The van der Waals surface area contributed by atoms with Crippen LogP contribution in [0.15, 0.2) is 54.6 Å². The number of hydrogen-bond acceptors (Lipinski definition) is 7. The van der Waals surface area contributed by atoms with Crippen molar-refractivity contribution in [2.24, 2.45) is 0 Å². The zero-order valence-corrected chi connectivity index (χ0v) is 30.6. The molecule has 5 amide bonds. The summed E-state index contributed by atoms with van der Waals surface area (Å²) >= 11 is 5.71. The molecule has 1 heterocycles. The minimum absolute atomic E-state index is 0.00579. The monoisotopic (exact) mass is 751 g/mol. The standard InChI is InChI=1S/C39H47ClFN5O7/c1-53-35(48)19-18-30(43-34(47)23-40)39(52)46-20-5-4-11-33(46)38(51)45-32(22-26-15-14-25-7-2-3-10-29(25)26)37(50)44-31(36(49)42-28-8-6-9-28)21-24-12-16-27(41)17-13-24/h2-3,7,10,12-13,15-17,28,30-33H,4-6,8-9,11,14,18-23H2,1H3,(H,42,49)(H,43,47)(H,44,50)(H,45,51)/t30-,31-,32-,33-/m0/s1. The van der Waals surface area contributed by atoms with Gasteiger partial charge in [0.1, 0.15) is 35.9 Å². The van der Waals surface area contributed by atoms with Gasteiger partial charge in [-0.2, -0.15) is 0 Å². The number of piperidine rings is 1. The zero-order valence-electron chi connectivity index (χ0n) is 29.8. The number of rotatable bonds is 16. The van der Waals surface area contributed by atoms with Crippen LogP contribution in [0.2, 0.25) is 0 Å². The van der Waals surface area contributed by atoms with Gasteiger partial charge in [0.15, 0.2) is 0 Å². The summed E-state index contributed by atoms with van der Waals surface area (Å²) < 4.78 is 18.4. The first-order valence-electron chi connectivity index (χ1n) is 18.2. The molecule has 2 aliphatic carbocycles. The van der Waals surface area contributed by atoms with E-state index in [2.05, 4.69) is 21.3 Å². The maximum absolute atomic E-state index is 14.3. The average molecular weight is 752 g/mol.